The van der Waals surface area contributed by atoms with Crippen LogP contribution in [-0.2, 0) is 15.4 Å². The Morgan fingerprint density at radius 2 is 2.00 bits per heavy atom. The molecule has 8 nitrogen and oxygen atoms in total. The fourth-order valence-electron chi connectivity index (χ4n) is 3.41. The van der Waals surface area contributed by atoms with Gasteiger partial charge in [0.2, 0.25) is 11.7 Å². The van der Waals surface area contributed by atoms with Crippen LogP contribution in [0.15, 0.2) is 22.9 Å². The van der Waals surface area contributed by atoms with Gasteiger partial charge in [-0.1, -0.05) is 5.16 Å². The Kier molecular flexibility index (Phi) is 3.99. The average Bonchev–Trinajstić information content (AvgIpc) is 3.22. The molecule has 2 N–H and O–H groups in total. The molecule has 4 heterocycles. The Labute approximate surface area is 146 Å². The minimum Gasteiger partial charge on any atom is -0.357 e. The summed E-state index contributed by atoms with van der Waals surface area (Å²) in [6, 6.07) is 3.86. The second-order valence-corrected chi connectivity index (χ2v) is 9.06. The maximum Gasteiger partial charge on any atom is 0.248 e. The Morgan fingerprint density at radius 1 is 1.20 bits per heavy atom. The number of sulfone groups is 1. The van der Waals surface area contributed by atoms with E-state index in [9.17, 15) is 8.42 Å². The molecular formula is C16H21N5O3S. The summed E-state index contributed by atoms with van der Waals surface area (Å²) >= 11 is 0. The van der Waals surface area contributed by atoms with Crippen LogP contribution in [-0.4, -0.2) is 48.1 Å². The lowest BCUT2D eigenvalue weighted by atomic mass is 10.0. The first kappa shape index (κ1) is 16.5. The molecule has 1 unspecified atom stereocenters. The molecule has 2 saturated heterocycles. The SMILES string of the molecule is NC1(c2nc(-c3ccc(N4CCCCC4)nc3)no2)CCS(=O)(=O)C1. The van der Waals surface area contributed by atoms with Gasteiger partial charge in [0, 0.05) is 24.8 Å². The number of hydrogen-bond donors (Lipinski definition) is 1. The minimum absolute atomic E-state index is 0.0489. The van der Waals surface area contributed by atoms with Crippen LogP contribution in [0.3, 0.4) is 0 Å². The summed E-state index contributed by atoms with van der Waals surface area (Å²) < 4.78 is 28.7. The molecule has 2 aliphatic rings. The number of pyridine rings is 1. The molecule has 0 saturated carbocycles. The van der Waals surface area contributed by atoms with Gasteiger partial charge in [-0.3, -0.25) is 0 Å². The van der Waals surface area contributed by atoms with Crippen LogP contribution in [0.1, 0.15) is 31.6 Å². The maximum absolute atomic E-state index is 11.7. The molecule has 0 spiro atoms. The molecule has 0 aliphatic carbocycles. The van der Waals surface area contributed by atoms with Gasteiger partial charge < -0.3 is 15.2 Å². The molecule has 0 bridgehead atoms. The van der Waals surface area contributed by atoms with Crippen LogP contribution in [0.4, 0.5) is 5.82 Å². The van der Waals surface area contributed by atoms with E-state index in [0.29, 0.717) is 12.2 Å². The van der Waals surface area contributed by atoms with Crippen molar-refractivity contribution in [2.75, 3.05) is 29.5 Å². The Morgan fingerprint density at radius 3 is 2.64 bits per heavy atom. The molecule has 0 radical (unpaired) electrons. The largest absolute Gasteiger partial charge is 0.357 e. The summed E-state index contributed by atoms with van der Waals surface area (Å²) in [7, 11) is -3.15. The van der Waals surface area contributed by atoms with Crippen molar-refractivity contribution in [3.63, 3.8) is 0 Å². The van der Waals surface area contributed by atoms with Gasteiger partial charge >= 0.3 is 0 Å². The van der Waals surface area contributed by atoms with Crippen LogP contribution < -0.4 is 10.6 Å². The number of nitrogens with two attached hydrogens (primary N) is 1. The van der Waals surface area contributed by atoms with Crippen molar-refractivity contribution in [2.24, 2.45) is 5.73 Å². The van der Waals surface area contributed by atoms with Gasteiger partial charge in [0.05, 0.1) is 11.5 Å². The summed E-state index contributed by atoms with van der Waals surface area (Å²) in [5.74, 6) is 1.39. The third-order valence-corrected chi connectivity index (χ3v) is 6.66. The zero-order chi connectivity index (χ0) is 17.5. The number of hydrogen-bond acceptors (Lipinski definition) is 8. The lowest BCUT2D eigenvalue weighted by molar-refractivity contribution is 0.301. The molecule has 4 rings (SSSR count). The topological polar surface area (TPSA) is 115 Å². The van der Waals surface area contributed by atoms with Gasteiger partial charge in [-0.15, -0.1) is 0 Å². The van der Waals surface area contributed by atoms with E-state index in [-0.39, 0.29) is 17.4 Å². The maximum atomic E-state index is 11.7. The molecule has 1 atom stereocenters. The van der Waals surface area contributed by atoms with Gasteiger partial charge in [0.15, 0.2) is 9.84 Å². The van der Waals surface area contributed by atoms with E-state index < -0.39 is 15.4 Å². The molecule has 9 heteroatoms. The summed E-state index contributed by atoms with van der Waals surface area (Å²) in [5.41, 5.74) is 5.80. The average molecular weight is 363 g/mol. The minimum atomic E-state index is -3.15. The molecule has 25 heavy (non-hydrogen) atoms. The highest BCUT2D eigenvalue weighted by Crippen LogP contribution is 2.31. The normalized spacial score (nSPS) is 26.0. The summed E-state index contributed by atoms with van der Waals surface area (Å²) in [6.45, 7) is 2.06. The van der Waals surface area contributed by atoms with E-state index >= 15 is 0 Å². The van der Waals surface area contributed by atoms with Gasteiger partial charge in [0.1, 0.15) is 11.4 Å². The third-order valence-electron chi connectivity index (χ3n) is 4.87. The lowest BCUT2D eigenvalue weighted by Crippen LogP contribution is -2.38. The number of rotatable bonds is 3. The van der Waals surface area contributed by atoms with Crippen molar-refractivity contribution in [3.8, 4) is 11.4 Å². The third kappa shape index (κ3) is 3.25. The molecule has 2 aliphatic heterocycles. The van der Waals surface area contributed by atoms with E-state index in [1.165, 1.54) is 19.3 Å². The fraction of sp³-hybridized carbons (Fsp3) is 0.562. The number of aromatic nitrogens is 3. The van der Waals surface area contributed by atoms with Crippen molar-refractivity contribution in [3.05, 3.63) is 24.2 Å². The molecular weight excluding hydrogens is 342 g/mol. The predicted molar refractivity (Wildman–Crippen MR) is 92.7 cm³/mol. The summed E-state index contributed by atoms with van der Waals surface area (Å²) in [6.07, 6.45) is 5.67. The monoisotopic (exact) mass is 363 g/mol. The van der Waals surface area contributed by atoms with Gasteiger partial charge in [-0.2, -0.15) is 4.98 Å². The standard InChI is InChI=1S/C16H21N5O3S/c17-16(6-9-25(22,23)11-16)15-19-14(20-24-15)12-4-5-13(18-10-12)21-7-2-1-3-8-21/h4-5,10H,1-3,6-9,11,17H2. The van der Waals surface area contributed by atoms with E-state index in [0.717, 1.165) is 24.5 Å². The van der Waals surface area contributed by atoms with E-state index in [4.69, 9.17) is 10.3 Å². The van der Waals surface area contributed by atoms with Gasteiger partial charge in [-0.05, 0) is 37.8 Å². The Hall–Kier alpha value is -2.00. The van der Waals surface area contributed by atoms with Crippen molar-refractivity contribution < 1.29 is 12.9 Å². The van der Waals surface area contributed by atoms with Crippen molar-refractivity contribution in [1.82, 2.24) is 15.1 Å². The smallest absolute Gasteiger partial charge is 0.248 e. The molecule has 0 amide bonds. The van der Waals surface area contributed by atoms with Gasteiger partial charge in [0.25, 0.3) is 0 Å². The molecule has 134 valence electrons. The second kappa shape index (κ2) is 6.06. The first-order valence-electron chi connectivity index (χ1n) is 8.50. The lowest BCUT2D eigenvalue weighted by Gasteiger charge is -2.27. The second-order valence-electron chi connectivity index (χ2n) is 6.87. The first-order chi connectivity index (χ1) is 12.0. The van der Waals surface area contributed by atoms with E-state index in [1.54, 1.807) is 6.20 Å². The van der Waals surface area contributed by atoms with E-state index in [1.807, 2.05) is 12.1 Å². The highest BCUT2D eigenvalue weighted by Gasteiger charge is 2.44. The highest BCUT2D eigenvalue weighted by atomic mass is 32.2. The van der Waals surface area contributed by atoms with Gasteiger partial charge in [-0.25, -0.2) is 13.4 Å². The van der Waals surface area contributed by atoms with Crippen molar-refractivity contribution >= 4 is 15.7 Å². The molecule has 2 aromatic rings. The molecule has 0 aromatic carbocycles. The van der Waals surface area contributed by atoms with Crippen molar-refractivity contribution in [1.29, 1.82) is 0 Å². The number of anilines is 1. The van der Waals surface area contributed by atoms with Crippen LogP contribution in [0.5, 0.6) is 0 Å². The zero-order valence-electron chi connectivity index (χ0n) is 13.9. The predicted octanol–water partition coefficient (Wildman–Crippen LogP) is 1.09. The van der Waals surface area contributed by atoms with E-state index in [2.05, 4.69) is 20.0 Å². The summed E-state index contributed by atoms with van der Waals surface area (Å²) in [4.78, 5) is 11.1. The Bertz CT molecular complexity index is 858. The highest BCUT2D eigenvalue weighted by molar-refractivity contribution is 7.91. The van der Waals surface area contributed by atoms with Crippen LogP contribution in [0.2, 0.25) is 0 Å². The fourth-order valence-corrected chi connectivity index (χ4v) is 5.29. The number of nitrogens with zero attached hydrogens (tertiary/aromatic N) is 4. The van der Waals surface area contributed by atoms with Crippen molar-refractivity contribution in [2.45, 2.75) is 31.2 Å². The van der Waals surface area contributed by atoms with Crippen LogP contribution in [0, 0.1) is 0 Å². The Balaban J connectivity index is 1.54. The zero-order valence-corrected chi connectivity index (χ0v) is 14.7. The summed E-state index contributed by atoms with van der Waals surface area (Å²) in [5, 5.41) is 3.95. The first-order valence-corrected chi connectivity index (χ1v) is 10.3. The number of piperidine rings is 1. The molecule has 2 fully saturated rings. The quantitative estimate of drug-likeness (QED) is 0.862. The molecule has 2 aromatic heterocycles. The van der Waals surface area contributed by atoms with Crippen LogP contribution in [0.25, 0.3) is 11.4 Å². The van der Waals surface area contributed by atoms with Crippen LogP contribution >= 0.6 is 0 Å².